The average Bonchev–Trinajstić information content (AvgIpc) is 2.95. The monoisotopic (exact) mass is 358 g/mol. The van der Waals surface area contributed by atoms with Crippen molar-refractivity contribution in [1.82, 2.24) is 20.0 Å². The number of carbonyl (C=O) groups is 2. The van der Waals surface area contributed by atoms with E-state index in [1.54, 1.807) is 4.90 Å². The highest BCUT2D eigenvalue weighted by Crippen LogP contribution is 2.26. The summed E-state index contributed by atoms with van der Waals surface area (Å²) in [6.45, 7) is 5.10. The molecule has 3 fully saturated rings. The molecule has 3 saturated heterocycles. The second-order valence-corrected chi connectivity index (χ2v) is 7.53. The van der Waals surface area contributed by atoms with Gasteiger partial charge in [0.15, 0.2) is 0 Å². The van der Waals surface area contributed by atoms with Gasteiger partial charge >= 0.3 is 0 Å². The average molecular weight is 358 g/mol. The summed E-state index contributed by atoms with van der Waals surface area (Å²) in [5, 5.41) is 2.62. The Balaban J connectivity index is 1.44. The Morgan fingerprint density at radius 2 is 1.84 bits per heavy atom. The molecule has 25 heavy (non-hydrogen) atoms. The highest BCUT2D eigenvalue weighted by molar-refractivity contribution is 5.82. The van der Waals surface area contributed by atoms with Gasteiger partial charge in [0.05, 0.1) is 19.1 Å². The number of likely N-dealkylation sites (tertiary alicyclic amines) is 1. The summed E-state index contributed by atoms with van der Waals surface area (Å²) in [7, 11) is 0. The Bertz CT molecular complexity index is 509. The molecule has 0 bridgehead atoms. The second-order valence-electron chi connectivity index (χ2n) is 7.53. The van der Waals surface area contributed by atoms with E-state index < -0.39 is 24.9 Å². The van der Waals surface area contributed by atoms with Crippen LogP contribution in [0.2, 0.25) is 0 Å². The van der Waals surface area contributed by atoms with Crippen LogP contribution in [0.25, 0.3) is 0 Å². The lowest BCUT2D eigenvalue weighted by Crippen LogP contribution is -2.55. The molecule has 3 rings (SSSR count). The predicted molar refractivity (Wildman–Crippen MR) is 89.4 cm³/mol. The molecule has 1 N–H and O–H groups in total. The maximum atomic E-state index is 13.3. The molecule has 142 valence electrons. The number of nitrogens with zero attached hydrogens (tertiary/aromatic N) is 3. The molecule has 3 aliphatic heterocycles. The van der Waals surface area contributed by atoms with Gasteiger partial charge in [0.1, 0.15) is 0 Å². The fourth-order valence-corrected chi connectivity index (χ4v) is 3.99. The smallest absolute Gasteiger partial charge is 0.262 e. The third kappa shape index (κ3) is 4.47. The van der Waals surface area contributed by atoms with Gasteiger partial charge in [-0.25, -0.2) is 8.78 Å². The van der Waals surface area contributed by atoms with E-state index in [1.165, 1.54) is 6.42 Å². The van der Waals surface area contributed by atoms with E-state index in [9.17, 15) is 18.4 Å². The third-order valence-corrected chi connectivity index (χ3v) is 5.57. The summed E-state index contributed by atoms with van der Waals surface area (Å²) < 4.78 is 26.5. The summed E-state index contributed by atoms with van der Waals surface area (Å²) in [6, 6.07) is -0.475. The van der Waals surface area contributed by atoms with Gasteiger partial charge < -0.3 is 9.80 Å². The van der Waals surface area contributed by atoms with E-state index >= 15 is 0 Å². The van der Waals surface area contributed by atoms with Crippen LogP contribution in [0.4, 0.5) is 8.78 Å². The highest BCUT2D eigenvalue weighted by atomic mass is 19.3. The zero-order chi connectivity index (χ0) is 18.0. The molecule has 3 heterocycles. The number of piperazine rings is 1. The molecular formula is C17H28F2N4O2. The molecule has 2 unspecified atom stereocenters. The van der Waals surface area contributed by atoms with Crippen molar-refractivity contribution >= 4 is 11.8 Å². The first-order valence-electron chi connectivity index (χ1n) is 9.27. The Labute approximate surface area is 147 Å². The number of hydrogen-bond acceptors (Lipinski definition) is 4. The van der Waals surface area contributed by atoms with E-state index in [4.69, 9.17) is 0 Å². The van der Waals surface area contributed by atoms with Crippen LogP contribution in [0.5, 0.6) is 0 Å². The van der Waals surface area contributed by atoms with Gasteiger partial charge in [-0.2, -0.15) is 0 Å². The second kappa shape index (κ2) is 7.53. The van der Waals surface area contributed by atoms with E-state index in [2.05, 4.69) is 17.1 Å². The molecule has 0 aromatic heterocycles. The maximum Gasteiger partial charge on any atom is 0.262 e. The van der Waals surface area contributed by atoms with Crippen molar-refractivity contribution < 1.29 is 18.4 Å². The van der Waals surface area contributed by atoms with Gasteiger partial charge in [0, 0.05) is 45.2 Å². The van der Waals surface area contributed by atoms with Crippen LogP contribution >= 0.6 is 0 Å². The van der Waals surface area contributed by atoms with E-state index in [-0.39, 0.29) is 11.8 Å². The standard InChI is InChI=1S/C17H28F2N4O2/c1-13-4-2-3-5-23(13)15(24)11-21-6-8-22(9-7-21)16(25)14-10-17(18,19)12-20-14/h13-14,20H,2-12H2,1H3. The Morgan fingerprint density at radius 1 is 1.12 bits per heavy atom. The van der Waals surface area contributed by atoms with Gasteiger partial charge in [-0.15, -0.1) is 0 Å². The van der Waals surface area contributed by atoms with Crippen molar-refractivity contribution in [2.75, 3.05) is 45.8 Å². The van der Waals surface area contributed by atoms with Crippen molar-refractivity contribution in [3.05, 3.63) is 0 Å². The number of nitrogens with one attached hydrogen (secondary N) is 1. The molecule has 8 heteroatoms. The maximum absolute atomic E-state index is 13.3. The minimum Gasteiger partial charge on any atom is -0.339 e. The molecule has 0 aromatic rings. The molecule has 2 atom stereocenters. The van der Waals surface area contributed by atoms with Crippen LogP contribution in [-0.4, -0.2) is 90.3 Å². The third-order valence-electron chi connectivity index (χ3n) is 5.57. The number of rotatable bonds is 3. The summed E-state index contributed by atoms with van der Waals surface area (Å²) in [6.07, 6.45) is 2.89. The SMILES string of the molecule is CC1CCCCN1C(=O)CN1CCN(C(=O)C2CC(F)(F)CN2)CC1. The van der Waals surface area contributed by atoms with Crippen molar-refractivity contribution in [2.24, 2.45) is 0 Å². The quantitative estimate of drug-likeness (QED) is 0.800. The van der Waals surface area contributed by atoms with Crippen LogP contribution in [0.15, 0.2) is 0 Å². The highest BCUT2D eigenvalue weighted by Gasteiger charge is 2.43. The fourth-order valence-electron chi connectivity index (χ4n) is 3.99. The number of piperidine rings is 1. The Kier molecular flexibility index (Phi) is 5.58. The first kappa shape index (κ1) is 18.5. The van der Waals surface area contributed by atoms with Crippen LogP contribution in [0.3, 0.4) is 0 Å². The largest absolute Gasteiger partial charge is 0.339 e. The van der Waals surface area contributed by atoms with Gasteiger partial charge in [-0.3, -0.25) is 19.8 Å². The van der Waals surface area contributed by atoms with Crippen molar-refractivity contribution in [3.8, 4) is 0 Å². The van der Waals surface area contributed by atoms with E-state index in [1.807, 2.05) is 4.90 Å². The van der Waals surface area contributed by atoms with Crippen LogP contribution in [-0.2, 0) is 9.59 Å². The molecule has 0 saturated carbocycles. The topological polar surface area (TPSA) is 55.9 Å². The van der Waals surface area contributed by atoms with Gasteiger partial charge in [-0.05, 0) is 26.2 Å². The van der Waals surface area contributed by atoms with Crippen molar-refractivity contribution in [2.45, 2.75) is 50.6 Å². The van der Waals surface area contributed by atoms with E-state index in [0.29, 0.717) is 38.8 Å². The van der Waals surface area contributed by atoms with E-state index in [0.717, 1.165) is 19.4 Å². The molecular weight excluding hydrogens is 330 g/mol. The van der Waals surface area contributed by atoms with Gasteiger partial charge in [0.2, 0.25) is 11.8 Å². The Morgan fingerprint density at radius 3 is 2.44 bits per heavy atom. The summed E-state index contributed by atoms with van der Waals surface area (Å²) in [5.41, 5.74) is 0. The zero-order valence-electron chi connectivity index (χ0n) is 14.8. The lowest BCUT2D eigenvalue weighted by atomic mass is 10.0. The Hall–Kier alpha value is -1.28. The van der Waals surface area contributed by atoms with Gasteiger partial charge in [-0.1, -0.05) is 0 Å². The van der Waals surface area contributed by atoms with Gasteiger partial charge in [0.25, 0.3) is 5.92 Å². The zero-order valence-corrected chi connectivity index (χ0v) is 14.8. The summed E-state index contributed by atoms with van der Waals surface area (Å²) in [4.78, 5) is 30.5. The first-order chi connectivity index (χ1) is 11.9. The minimum absolute atomic E-state index is 0.157. The molecule has 0 radical (unpaired) electrons. The molecule has 0 aliphatic carbocycles. The minimum atomic E-state index is -2.79. The number of amides is 2. The molecule has 0 spiro atoms. The number of halogens is 2. The van der Waals surface area contributed by atoms with Crippen LogP contribution in [0.1, 0.15) is 32.6 Å². The predicted octanol–water partition coefficient (Wildman–Crippen LogP) is 0.529. The molecule has 0 aromatic carbocycles. The number of alkyl halides is 2. The fraction of sp³-hybridized carbons (Fsp3) is 0.882. The number of hydrogen-bond donors (Lipinski definition) is 1. The summed E-state index contributed by atoms with van der Waals surface area (Å²) in [5.74, 6) is -2.88. The lowest BCUT2D eigenvalue weighted by Gasteiger charge is -2.38. The number of carbonyl (C=O) groups excluding carboxylic acids is 2. The lowest BCUT2D eigenvalue weighted by molar-refractivity contribution is -0.138. The normalized spacial score (nSPS) is 30.5. The first-order valence-corrected chi connectivity index (χ1v) is 9.27. The molecule has 3 aliphatic rings. The van der Waals surface area contributed by atoms with Crippen molar-refractivity contribution in [3.63, 3.8) is 0 Å². The molecule has 2 amide bonds. The molecule has 6 nitrogen and oxygen atoms in total. The summed E-state index contributed by atoms with van der Waals surface area (Å²) >= 11 is 0. The van der Waals surface area contributed by atoms with Crippen LogP contribution in [0, 0.1) is 0 Å². The van der Waals surface area contributed by atoms with Crippen LogP contribution < -0.4 is 5.32 Å². The van der Waals surface area contributed by atoms with Crippen molar-refractivity contribution in [1.29, 1.82) is 0 Å².